The summed E-state index contributed by atoms with van der Waals surface area (Å²) in [5.74, 6) is -0.931. The van der Waals surface area contributed by atoms with Gasteiger partial charge in [0.25, 0.3) is 11.5 Å². The second-order valence-electron chi connectivity index (χ2n) is 8.90. The predicted octanol–water partition coefficient (Wildman–Crippen LogP) is 3.02. The number of nitrogens with two attached hydrogens (primary N) is 2. The van der Waals surface area contributed by atoms with Gasteiger partial charge < -0.3 is 20.5 Å². The molecule has 37 heavy (non-hydrogen) atoms. The maximum absolute atomic E-state index is 13.9. The lowest BCUT2D eigenvalue weighted by molar-refractivity contribution is -0.0567. The first kappa shape index (κ1) is 26.4. The number of amides is 1. The van der Waals surface area contributed by atoms with Crippen molar-refractivity contribution in [3.05, 3.63) is 98.3 Å². The predicted molar refractivity (Wildman–Crippen MR) is 140 cm³/mol. The Morgan fingerprint density at radius 3 is 2.78 bits per heavy atom. The molecule has 1 aromatic heterocycles. The number of carbonyl (C=O) groups excluding carboxylic acids is 1. The SMILES string of the molecule is CC1(C)OCCn2c1nc(C(=O)NCc1ccc(F)cc1/C(N)=C/SN)c(OCc1ccccc1)c2=O. The fourth-order valence-corrected chi connectivity index (χ4v) is 4.32. The molecule has 5 N–H and O–H groups in total. The third kappa shape index (κ3) is 5.85. The van der Waals surface area contributed by atoms with E-state index < -0.39 is 22.9 Å². The standard InChI is InChI=1S/C26H28FN5O4S/c1-26(2)25-31-21(23(33)30-13-17-8-9-18(27)12-19(17)20(28)15-37-29)22(24(34)32(25)10-11-36-26)35-14-16-6-4-3-5-7-16/h3-9,12,15H,10-11,13-14,28-29H2,1-2H3,(H,30,33)/b20-15-. The molecule has 1 aliphatic heterocycles. The Labute approximate surface area is 217 Å². The summed E-state index contributed by atoms with van der Waals surface area (Å²) < 4.78 is 27.0. The van der Waals surface area contributed by atoms with E-state index in [0.717, 1.165) is 17.5 Å². The van der Waals surface area contributed by atoms with E-state index in [1.165, 1.54) is 28.2 Å². The second-order valence-corrected chi connectivity index (χ2v) is 9.40. The zero-order chi connectivity index (χ0) is 26.6. The van der Waals surface area contributed by atoms with Crippen LogP contribution in [-0.4, -0.2) is 22.1 Å². The van der Waals surface area contributed by atoms with Gasteiger partial charge in [0.2, 0.25) is 5.75 Å². The highest BCUT2D eigenvalue weighted by Crippen LogP contribution is 2.28. The molecule has 1 aliphatic rings. The summed E-state index contributed by atoms with van der Waals surface area (Å²) in [5.41, 5.74) is 6.57. The molecule has 4 rings (SSSR count). The lowest BCUT2D eigenvalue weighted by Gasteiger charge is -2.32. The number of aromatic nitrogens is 2. The van der Waals surface area contributed by atoms with Crippen LogP contribution >= 0.6 is 11.9 Å². The van der Waals surface area contributed by atoms with Crippen molar-refractivity contribution in [3.63, 3.8) is 0 Å². The van der Waals surface area contributed by atoms with Crippen LogP contribution in [0.4, 0.5) is 4.39 Å². The largest absolute Gasteiger partial charge is 0.481 e. The highest BCUT2D eigenvalue weighted by atomic mass is 32.2. The number of ether oxygens (including phenoxy) is 2. The van der Waals surface area contributed by atoms with Gasteiger partial charge in [0.05, 0.1) is 13.2 Å². The van der Waals surface area contributed by atoms with Crippen molar-refractivity contribution in [2.24, 2.45) is 10.9 Å². The van der Waals surface area contributed by atoms with E-state index in [4.69, 9.17) is 20.3 Å². The van der Waals surface area contributed by atoms with Crippen LogP contribution in [0.1, 0.15) is 46.9 Å². The summed E-state index contributed by atoms with van der Waals surface area (Å²) in [6, 6.07) is 13.3. The van der Waals surface area contributed by atoms with Gasteiger partial charge in [0, 0.05) is 23.2 Å². The van der Waals surface area contributed by atoms with Crippen molar-refractivity contribution in [2.45, 2.75) is 39.1 Å². The average Bonchev–Trinajstić information content (AvgIpc) is 2.88. The molecule has 3 aromatic rings. The number of hydrogen-bond acceptors (Lipinski definition) is 8. The van der Waals surface area contributed by atoms with E-state index in [-0.39, 0.29) is 36.8 Å². The highest BCUT2D eigenvalue weighted by molar-refractivity contribution is 8.00. The van der Waals surface area contributed by atoms with Crippen molar-refractivity contribution < 1.29 is 18.7 Å². The van der Waals surface area contributed by atoms with Gasteiger partial charge >= 0.3 is 0 Å². The van der Waals surface area contributed by atoms with Gasteiger partial charge in [-0.05, 0) is 37.1 Å². The van der Waals surface area contributed by atoms with Crippen molar-refractivity contribution in [2.75, 3.05) is 6.61 Å². The Bertz CT molecular complexity index is 1390. The van der Waals surface area contributed by atoms with Crippen LogP contribution in [-0.2, 0) is 30.0 Å². The molecular formula is C26H28FN5O4S. The molecule has 1 amide bonds. The summed E-state index contributed by atoms with van der Waals surface area (Å²) in [4.78, 5) is 31.4. The Balaban J connectivity index is 1.68. The van der Waals surface area contributed by atoms with Crippen LogP contribution in [0.2, 0.25) is 0 Å². The molecule has 0 radical (unpaired) electrons. The number of nitrogens with one attached hydrogen (secondary N) is 1. The average molecular weight is 526 g/mol. The maximum Gasteiger partial charge on any atom is 0.296 e. The molecule has 2 heterocycles. The van der Waals surface area contributed by atoms with Crippen molar-refractivity contribution in [1.29, 1.82) is 0 Å². The van der Waals surface area contributed by atoms with Crippen LogP contribution in [0.3, 0.4) is 0 Å². The van der Waals surface area contributed by atoms with Gasteiger partial charge in [0.1, 0.15) is 23.8 Å². The van der Waals surface area contributed by atoms with Crippen LogP contribution in [0.25, 0.3) is 5.70 Å². The van der Waals surface area contributed by atoms with Gasteiger partial charge in [-0.15, -0.1) is 0 Å². The quantitative estimate of drug-likeness (QED) is 0.382. The molecule has 0 saturated heterocycles. The van der Waals surface area contributed by atoms with Gasteiger partial charge in [-0.1, -0.05) is 48.3 Å². The molecule has 0 saturated carbocycles. The first-order valence-electron chi connectivity index (χ1n) is 11.6. The van der Waals surface area contributed by atoms with E-state index in [0.29, 0.717) is 23.6 Å². The van der Waals surface area contributed by atoms with E-state index in [1.807, 2.05) is 30.3 Å². The lowest BCUT2D eigenvalue weighted by Crippen LogP contribution is -2.43. The molecule has 0 spiro atoms. The maximum atomic E-state index is 13.9. The fourth-order valence-electron chi connectivity index (χ4n) is 4.04. The van der Waals surface area contributed by atoms with E-state index in [9.17, 15) is 14.0 Å². The number of hydrogen-bond donors (Lipinski definition) is 3. The summed E-state index contributed by atoms with van der Waals surface area (Å²) in [5, 5.41) is 9.70. The molecule has 9 nitrogen and oxygen atoms in total. The summed E-state index contributed by atoms with van der Waals surface area (Å²) in [7, 11) is 0. The highest BCUT2D eigenvalue weighted by Gasteiger charge is 2.35. The molecule has 194 valence electrons. The number of benzene rings is 2. The van der Waals surface area contributed by atoms with Gasteiger partial charge in [-0.25, -0.2) is 9.37 Å². The molecule has 2 aromatic carbocycles. The zero-order valence-corrected chi connectivity index (χ0v) is 21.3. The number of nitrogens with zero attached hydrogens (tertiary/aromatic N) is 2. The van der Waals surface area contributed by atoms with Gasteiger partial charge in [0.15, 0.2) is 5.69 Å². The smallest absolute Gasteiger partial charge is 0.296 e. The summed E-state index contributed by atoms with van der Waals surface area (Å²) >= 11 is 0.888. The molecule has 0 aliphatic carbocycles. The zero-order valence-electron chi connectivity index (χ0n) is 20.5. The van der Waals surface area contributed by atoms with E-state index >= 15 is 0 Å². The lowest BCUT2D eigenvalue weighted by atomic mass is 10.0. The van der Waals surface area contributed by atoms with Gasteiger partial charge in [-0.2, -0.15) is 0 Å². The van der Waals surface area contributed by atoms with Gasteiger partial charge in [-0.3, -0.25) is 19.3 Å². The molecule has 0 unspecified atom stereocenters. The minimum absolute atomic E-state index is 0.00363. The Morgan fingerprint density at radius 1 is 1.30 bits per heavy atom. The minimum Gasteiger partial charge on any atom is -0.481 e. The number of rotatable bonds is 8. The molecule has 0 fully saturated rings. The van der Waals surface area contributed by atoms with E-state index in [1.54, 1.807) is 13.8 Å². The Morgan fingerprint density at radius 2 is 2.05 bits per heavy atom. The third-order valence-corrected chi connectivity index (χ3v) is 6.29. The van der Waals surface area contributed by atoms with Crippen molar-refractivity contribution in [3.8, 4) is 5.75 Å². The van der Waals surface area contributed by atoms with Crippen molar-refractivity contribution in [1.82, 2.24) is 14.9 Å². The molecule has 11 heteroatoms. The summed E-state index contributed by atoms with van der Waals surface area (Å²) in [6.45, 7) is 4.26. The van der Waals surface area contributed by atoms with Crippen molar-refractivity contribution >= 4 is 23.6 Å². The first-order chi connectivity index (χ1) is 17.7. The molecule has 0 atom stereocenters. The van der Waals surface area contributed by atoms with Crippen LogP contribution in [0.5, 0.6) is 5.75 Å². The van der Waals surface area contributed by atoms with Crippen LogP contribution < -0.4 is 26.5 Å². The number of halogens is 1. The third-order valence-electron chi connectivity index (χ3n) is 5.90. The van der Waals surface area contributed by atoms with Crippen LogP contribution in [0.15, 0.2) is 58.7 Å². The number of carbonyl (C=O) groups is 1. The Hall–Kier alpha value is -3.67. The van der Waals surface area contributed by atoms with Crippen LogP contribution in [0, 0.1) is 5.82 Å². The monoisotopic (exact) mass is 525 g/mol. The fraction of sp³-hybridized carbons (Fsp3) is 0.269. The second kappa shape index (κ2) is 11.2. The number of fused-ring (bicyclic) bond motifs is 1. The normalized spacial score (nSPS) is 14.6. The molecular weight excluding hydrogens is 497 g/mol. The van der Waals surface area contributed by atoms with E-state index in [2.05, 4.69) is 10.3 Å². The first-order valence-corrected chi connectivity index (χ1v) is 12.5. The topological polar surface area (TPSA) is 134 Å². The summed E-state index contributed by atoms with van der Waals surface area (Å²) in [6.07, 6.45) is 0. The minimum atomic E-state index is -0.881. The Kier molecular flexibility index (Phi) is 7.96. The molecule has 0 bridgehead atoms.